The van der Waals surface area contributed by atoms with Crippen LogP contribution in [-0.2, 0) is 9.59 Å². The van der Waals surface area contributed by atoms with Crippen LogP contribution in [0.3, 0.4) is 0 Å². The molecule has 2 fully saturated rings. The summed E-state index contributed by atoms with van der Waals surface area (Å²) in [6.45, 7) is 3.37. The zero-order valence-electron chi connectivity index (χ0n) is 13.1. The maximum absolute atomic E-state index is 13.1. The third-order valence-corrected chi connectivity index (χ3v) is 4.25. The van der Waals surface area contributed by atoms with Gasteiger partial charge in [0.2, 0.25) is 11.8 Å². The minimum absolute atomic E-state index is 0.0134. The Balaban J connectivity index is 1.83. The lowest BCUT2D eigenvalue weighted by molar-refractivity contribution is -0.128. The Morgan fingerprint density at radius 2 is 1.95 bits per heavy atom. The number of carbonyl (C=O) groups is 2. The van der Waals surface area contributed by atoms with Gasteiger partial charge in [-0.2, -0.15) is 0 Å². The van der Waals surface area contributed by atoms with Gasteiger partial charge in [0.1, 0.15) is 0 Å². The van der Waals surface area contributed by atoms with Crippen LogP contribution < -0.4 is 16.0 Å². The summed E-state index contributed by atoms with van der Waals surface area (Å²) in [5, 5.41) is 8.27. The van der Waals surface area contributed by atoms with Crippen molar-refractivity contribution in [2.75, 3.05) is 6.54 Å². The third-order valence-electron chi connectivity index (χ3n) is 4.25. The Morgan fingerprint density at radius 3 is 2.55 bits per heavy atom. The van der Waals surface area contributed by atoms with Crippen molar-refractivity contribution in [1.29, 1.82) is 0 Å². The van der Waals surface area contributed by atoms with Crippen LogP contribution in [0.5, 0.6) is 0 Å². The lowest BCUT2D eigenvalue weighted by Crippen LogP contribution is -2.48. The van der Waals surface area contributed by atoms with Crippen LogP contribution in [0.1, 0.15) is 46.0 Å². The number of alkyl halides is 2. The highest BCUT2D eigenvalue weighted by molar-refractivity contribution is 5.83. The topological polar surface area (TPSA) is 70.2 Å². The first-order valence-corrected chi connectivity index (χ1v) is 7.99. The first kappa shape index (κ1) is 17.1. The molecule has 3 N–H and O–H groups in total. The van der Waals surface area contributed by atoms with E-state index in [-0.39, 0.29) is 29.8 Å². The van der Waals surface area contributed by atoms with Crippen molar-refractivity contribution in [3.63, 3.8) is 0 Å². The normalized spacial score (nSPS) is 31.0. The third kappa shape index (κ3) is 4.63. The zero-order chi connectivity index (χ0) is 16.3. The maximum Gasteiger partial charge on any atom is 0.262 e. The second kappa shape index (κ2) is 6.89. The molecule has 2 rings (SSSR count). The molecule has 3 unspecified atom stereocenters. The van der Waals surface area contributed by atoms with Crippen molar-refractivity contribution in [3.05, 3.63) is 0 Å². The number of halogens is 2. The molecule has 0 spiro atoms. The van der Waals surface area contributed by atoms with Crippen molar-refractivity contribution < 1.29 is 18.4 Å². The summed E-state index contributed by atoms with van der Waals surface area (Å²) in [6, 6.07) is -0.854. The van der Waals surface area contributed by atoms with E-state index in [9.17, 15) is 18.4 Å². The molecule has 1 aliphatic carbocycles. The fraction of sp³-hybridized carbons (Fsp3) is 0.867. The van der Waals surface area contributed by atoms with Crippen LogP contribution >= 0.6 is 0 Å². The summed E-state index contributed by atoms with van der Waals surface area (Å²) in [7, 11) is 0. The van der Waals surface area contributed by atoms with Gasteiger partial charge in [0.25, 0.3) is 5.92 Å². The van der Waals surface area contributed by atoms with Crippen molar-refractivity contribution in [3.8, 4) is 0 Å². The van der Waals surface area contributed by atoms with E-state index >= 15 is 0 Å². The van der Waals surface area contributed by atoms with E-state index in [2.05, 4.69) is 16.0 Å². The number of hydrogen-bond donors (Lipinski definition) is 3. The monoisotopic (exact) mass is 317 g/mol. The molecule has 1 saturated heterocycles. The molecule has 0 aromatic rings. The first-order valence-electron chi connectivity index (χ1n) is 7.99. The van der Waals surface area contributed by atoms with E-state index in [0.717, 1.165) is 19.3 Å². The molecule has 2 aliphatic rings. The molecule has 1 heterocycles. The lowest BCUT2D eigenvalue weighted by atomic mass is 9.85. The number of hydrogen-bond acceptors (Lipinski definition) is 3. The second-order valence-electron chi connectivity index (χ2n) is 6.73. The molecule has 3 atom stereocenters. The minimum Gasteiger partial charge on any atom is -0.354 e. The predicted molar refractivity (Wildman–Crippen MR) is 78.5 cm³/mol. The molecular formula is C15H25F2N3O2. The van der Waals surface area contributed by atoms with Gasteiger partial charge >= 0.3 is 0 Å². The van der Waals surface area contributed by atoms with Crippen molar-refractivity contribution in [2.24, 2.45) is 5.92 Å². The molecule has 0 aromatic heterocycles. The molecule has 126 valence electrons. The smallest absolute Gasteiger partial charge is 0.262 e. The summed E-state index contributed by atoms with van der Waals surface area (Å²) in [5.41, 5.74) is 0. The maximum atomic E-state index is 13.1. The molecule has 2 amide bonds. The molecule has 1 saturated carbocycles. The zero-order valence-corrected chi connectivity index (χ0v) is 13.1. The summed E-state index contributed by atoms with van der Waals surface area (Å²) < 4.78 is 26.3. The largest absolute Gasteiger partial charge is 0.354 e. The second-order valence-corrected chi connectivity index (χ2v) is 6.73. The van der Waals surface area contributed by atoms with Crippen LogP contribution in [0.4, 0.5) is 8.78 Å². The van der Waals surface area contributed by atoms with Crippen LogP contribution in [-0.4, -0.2) is 42.4 Å². The highest BCUT2D eigenvalue weighted by atomic mass is 19.3. The van der Waals surface area contributed by atoms with E-state index in [1.807, 2.05) is 13.8 Å². The van der Waals surface area contributed by atoms with Crippen molar-refractivity contribution >= 4 is 11.8 Å². The number of amides is 2. The van der Waals surface area contributed by atoms with Crippen molar-refractivity contribution in [1.82, 2.24) is 16.0 Å². The molecule has 5 nitrogen and oxygen atoms in total. The van der Waals surface area contributed by atoms with Gasteiger partial charge in [-0.3, -0.25) is 14.9 Å². The standard InChI is InChI=1S/C15H25F2N3O2/c1-9(2)19-13(21)10-4-3-5-11(6-10)20-14(22)12-7-15(16,17)8-18-12/h9-12,18H,3-8H2,1-2H3,(H,19,21)(H,20,22). The van der Waals surface area contributed by atoms with E-state index in [1.54, 1.807) is 0 Å². The summed E-state index contributed by atoms with van der Waals surface area (Å²) in [4.78, 5) is 24.1. The summed E-state index contributed by atoms with van der Waals surface area (Å²) in [5.74, 6) is -3.29. The summed E-state index contributed by atoms with van der Waals surface area (Å²) in [6.07, 6.45) is 2.58. The summed E-state index contributed by atoms with van der Waals surface area (Å²) >= 11 is 0. The van der Waals surface area contributed by atoms with Gasteiger partial charge in [-0.15, -0.1) is 0 Å². The van der Waals surface area contributed by atoms with Crippen LogP contribution in [0.2, 0.25) is 0 Å². The fourth-order valence-corrected chi connectivity index (χ4v) is 3.16. The number of carbonyl (C=O) groups excluding carboxylic acids is 2. The molecule has 22 heavy (non-hydrogen) atoms. The molecular weight excluding hydrogens is 292 g/mol. The lowest BCUT2D eigenvalue weighted by Gasteiger charge is -2.30. The van der Waals surface area contributed by atoms with Gasteiger partial charge in [-0.25, -0.2) is 8.78 Å². The average molecular weight is 317 g/mol. The highest BCUT2D eigenvalue weighted by Gasteiger charge is 2.42. The Hall–Kier alpha value is -1.24. The van der Waals surface area contributed by atoms with E-state index < -0.39 is 24.9 Å². The number of rotatable bonds is 4. The SMILES string of the molecule is CC(C)NC(=O)C1CCCC(NC(=O)C2CC(F)(F)CN2)C1. The average Bonchev–Trinajstić information content (AvgIpc) is 2.79. The molecule has 1 aliphatic heterocycles. The van der Waals surface area contributed by atoms with Crippen LogP contribution in [0.15, 0.2) is 0 Å². The highest BCUT2D eigenvalue weighted by Crippen LogP contribution is 2.27. The van der Waals surface area contributed by atoms with Crippen LogP contribution in [0.25, 0.3) is 0 Å². The van der Waals surface area contributed by atoms with Crippen LogP contribution in [0, 0.1) is 5.92 Å². The molecule has 0 aromatic carbocycles. The van der Waals surface area contributed by atoms with Gasteiger partial charge in [-0.05, 0) is 33.1 Å². The first-order chi connectivity index (χ1) is 10.3. The molecule has 0 radical (unpaired) electrons. The molecule has 0 bridgehead atoms. The van der Waals surface area contributed by atoms with Gasteiger partial charge < -0.3 is 10.6 Å². The quantitative estimate of drug-likeness (QED) is 0.729. The van der Waals surface area contributed by atoms with E-state index in [4.69, 9.17) is 0 Å². The van der Waals surface area contributed by atoms with Gasteiger partial charge in [-0.1, -0.05) is 6.42 Å². The van der Waals surface area contributed by atoms with Gasteiger partial charge in [0, 0.05) is 24.4 Å². The Kier molecular flexibility index (Phi) is 5.36. The number of nitrogens with one attached hydrogen (secondary N) is 3. The Morgan fingerprint density at radius 1 is 1.23 bits per heavy atom. The predicted octanol–water partition coefficient (Wildman–Crippen LogP) is 1.18. The van der Waals surface area contributed by atoms with E-state index in [0.29, 0.717) is 6.42 Å². The Bertz CT molecular complexity index is 429. The Labute approximate surface area is 129 Å². The van der Waals surface area contributed by atoms with Gasteiger partial charge in [0.15, 0.2) is 0 Å². The van der Waals surface area contributed by atoms with Gasteiger partial charge in [0.05, 0.1) is 12.6 Å². The van der Waals surface area contributed by atoms with E-state index in [1.165, 1.54) is 0 Å². The fourth-order valence-electron chi connectivity index (χ4n) is 3.16. The minimum atomic E-state index is -2.81. The molecule has 7 heteroatoms. The van der Waals surface area contributed by atoms with Crippen molar-refractivity contribution in [2.45, 2.75) is 70.0 Å².